The Labute approximate surface area is 151 Å². The highest BCUT2D eigenvalue weighted by molar-refractivity contribution is 7.18. The molecule has 0 bridgehead atoms. The van der Waals surface area contributed by atoms with Gasteiger partial charge in [0.15, 0.2) is 0 Å². The normalized spacial score (nSPS) is 18.6. The maximum Gasteiger partial charge on any atom is 0.348 e. The second-order valence-electron chi connectivity index (χ2n) is 6.69. The van der Waals surface area contributed by atoms with Crippen LogP contribution in [0, 0.1) is 0 Å². The Morgan fingerprint density at radius 3 is 2.64 bits per heavy atom. The molecule has 7 heteroatoms. The van der Waals surface area contributed by atoms with Crippen LogP contribution in [0.4, 0.5) is 5.00 Å². The molecular formula is C18H23N3O3S. The lowest BCUT2D eigenvalue weighted by molar-refractivity contribution is 0.0606. The fraction of sp³-hybridized carbons (Fsp3) is 0.556. The van der Waals surface area contributed by atoms with Crippen LogP contribution in [0.1, 0.15) is 47.0 Å². The number of thiophene rings is 1. The van der Waals surface area contributed by atoms with Crippen molar-refractivity contribution in [3.63, 3.8) is 0 Å². The number of hydrogen-bond acceptors (Lipinski definition) is 6. The van der Waals surface area contributed by atoms with Crippen LogP contribution < -0.4 is 4.90 Å². The molecule has 4 rings (SSSR count). The lowest BCUT2D eigenvalue weighted by Crippen LogP contribution is -2.36. The van der Waals surface area contributed by atoms with Crippen molar-refractivity contribution in [2.75, 3.05) is 32.2 Å². The van der Waals surface area contributed by atoms with Gasteiger partial charge < -0.3 is 18.9 Å². The van der Waals surface area contributed by atoms with Gasteiger partial charge in [-0.3, -0.25) is 0 Å². The first-order chi connectivity index (χ1) is 12.2. The Bertz CT molecular complexity index is 757. The minimum absolute atomic E-state index is 0.285. The number of nitrogens with zero attached hydrogens (tertiary/aromatic N) is 3. The van der Waals surface area contributed by atoms with E-state index in [0.717, 1.165) is 42.3 Å². The number of carbonyl (C=O) groups excluding carboxylic acids is 1. The predicted molar refractivity (Wildman–Crippen MR) is 97.0 cm³/mol. The van der Waals surface area contributed by atoms with Gasteiger partial charge in [-0.25, -0.2) is 9.78 Å². The first kappa shape index (κ1) is 16.6. The number of carbonyl (C=O) groups is 1. The second kappa shape index (κ2) is 6.80. The SMILES string of the molecule is COC(=O)c1cc(-n2cnc(C3CC3)c2)c(N2CCC(OC)CC2)s1. The van der Waals surface area contributed by atoms with Crippen molar-refractivity contribution < 1.29 is 14.3 Å². The van der Waals surface area contributed by atoms with Crippen molar-refractivity contribution in [3.05, 3.63) is 29.2 Å². The molecule has 0 unspecified atom stereocenters. The molecule has 0 aromatic carbocycles. The third-order valence-corrected chi connectivity index (χ3v) is 6.18. The smallest absolute Gasteiger partial charge is 0.348 e. The summed E-state index contributed by atoms with van der Waals surface area (Å²) >= 11 is 1.50. The molecule has 2 aromatic rings. The molecule has 0 radical (unpaired) electrons. The van der Waals surface area contributed by atoms with E-state index in [2.05, 4.69) is 16.1 Å². The van der Waals surface area contributed by atoms with Gasteiger partial charge >= 0.3 is 5.97 Å². The van der Waals surface area contributed by atoms with Gasteiger partial charge in [0.2, 0.25) is 0 Å². The van der Waals surface area contributed by atoms with Crippen LogP contribution in [-0.2, 0) is 9.47 Å². The molecule has 0 N–H and O–H groups in total. The average Bonchev–Trinajstić information content (AvgIpc) is 3.22. The monoisotopic (exact) mass is 361 g/mol. The molecule has 25 heavy (non-hydrogen) atoms. The van der Waals surface area contributed by atoms with E-state index >= 15 is 0 Å². The molecule has 3 heterocycles. The minimum atomic E-state index is -0.285. The van der Waals surface area contributed by atoms with E-state index in [9.17, 15) is 4.79 Å². The van der Waals surface area contributed by atoms with Gasteiger partial charge in [-0.1, -0.05) is 0 Å². The third kappa shape index (κ3) is 3.30. The topological polar surface area (TPSA) is 56.6 Å². The number of anilines is 1. The summed E-state index contributed by atoms with van der Waals surface area (Å²) < 4.78 is 12.4. The Balaban J connectivity index is 1.66. The molecule has 0 amide bonds. The Hall–Kier alpha value is -1.86. The first-order valence-corrected chi connectivity index (χ1v) is 9.55. The van der Waals surface area contributed by atoms with E-state index in [4.69, 9.17) is 9.47 Å². The van der Waals surface area contributed by atoms with E-state index in [-0.39, 0.29) is 5.97 Å². The Kier molecular flexibility index (Phi) is 4.52. The predicted octanol–water partition coefficient (Wildman–Crippen LogP) is 3.21. The van der Waals surface area contributed by atoms with Crippen LogP contribution in [0.15, 0.2) is 18.6 Å². The van der Waals surface area contributed by atoms with Gasteiger partial charge in [-0.05, 0) is 31.7 Å². The van der Waals surface area contributed by atoms with E-state index in [1.54, 1.807) is 7.11 Å². The zero-order valence-corrected chi connectivity index (χ0v) is 15.4. The fourth-order valence-corrected chi connectivity index (χ4v) is 4.46. The molecule has 1 aliphatic heterocycles. The molecule has 1 saturated carbocycles. The number of hydrogen-bond donors (Lipinski definition) is 0. The lowest BCUT2D eigenvalue weighted by Gasteiger charge is -2.32. The summed E-state index contributed by atoms with van der Waals surface area (Å²) in [5.74, 6) is 0.327. The van der Waals surface area contributed by atoms with Crippen molar-refractivity contribution in [1.29, 1.82) is 0 Å². The summed E-state index contributed by atoms with van der Waals surface area (Å²) in [5.41, 5.74) is 2.16. The standard InChI is InChI=1S/C18H23N3O3S/c1-23-13-5-7-20(8-6-13)17-15(9-16(25-17)18(22)24-2)21-10-14(19-11-21)12-3-4-12/h9-13H,3-8H2,1-2H3. The zero-order valence-electron chi connectivity index (χ0n) is 14.6. The molecule has 1 aliphatic carbocycles. The number of methoxy groups -OCH3 is 2. The Morgan fingerprint density at radius 1 is 1.24 bits per heavy atom. The quantitative estimate of drug-likeness (QED) is 0.766. The van der Waals surface area contributed by atoms with Crippen molar-refractivity contribution in [2.24, 2.45) is 0 Å². The third-order valence-electron chi connectivity index (χ3n) is 5.02. The van der Waals surface area contributed by atoms with Gasteiger partial charge in [0.05, 0.1) is 30.9 Å². The molecule has 2 aromatic heterocycles. The molecular weight excluding hydrogens is 338 g/mol. The first-order valence-electron chi connectivity index (χ1n) is 8.73. The molecule has 2 aliphatic rings. The average molecular weight is 361 g/mol. The number of rotatable bonds is 5. The van der Waals surface area contributed by atoms with Crippen LogP contribution in [0.3, 0.4) is 0 Å². The minimum Gasteiger partial charge on any atom is -0.465 e. The van der Waals surface area contributed by atoms with Crippen molar-refractivity contribution in [1.82, 2.24) is 9.55 Å². The van der Waals surface area contributed by atoms with Gasteiger partial charge in [0.25, 0.3) is 0 Å². The summed E-state index contributed by atoms with van der Waals surface area (Å²) in [4.78, 5) is 19.6. The largest absolute Gasteiger partial charge is 0.465 e. The van der Waals surface area contributed by atoms with Crippen LogP contribution >= 0.6 is 11.3 Å². The summed E-state index contributed by atoms with van der Waals surface area (Å²) in [7, 11) is 3.20. The molecule has 6 nitrogen and oxygen atoms in total. The number of ether oxygens (including phenoxy) is 2. The van der Waals surface area contributed by atoms with Crippen molar-refractivity contribution in [3.8, 4) is 5.69 Å². The number of aromatic nitrogens is 2. The van der Waals surface area contributed by atoms with E-state index in [1.165, 1.54) is 31.3 Å². The highest BCUT2D eigenvalue weighted by Gasteiger charge is 2.28. The van der Waals surface area contributed by atoms with Gasteiger partial charge in [-0.15, -0.1) is 11.3 Å². The van der Waals surface area contributed by atoms with Gasteiger partial charge in [0, 0.05) is 32.3 Å². The fourth-order valence-electron chi connectivity index (χ4n) is 3.34. The number of piperidine rings is 1. The zero-order chi connectivity index (χ0) is 17.4. The molecule has 0 spiro atoms. The maximum atomic E-state index is 12.0. The number of imidazole rings is 1. The van der Waals surface area contributed by atoms with Crippen molar-refractivity contribution in [2.45, 2.75) is 37.7 Å². The van der Waals surface area contributed by atoms with Gasteiger partial charge in [0.1, 0.15) is 9.88 Å². The van der Waals surface area contributed by atoms with E-state index < -0.39 is 0 Å². The van der Waals surface area contributed by atoms with Crippen LogP contribution in [0.5, 0.6) is 0 Å². The van der Waals surface area contributed by atoms with Crippen molar-refractivity contribution >= 4 is 22.3 Å². The summed E-state index contributed by atoms with van der Waals surface area (Å²) in [5, 5.41) is 1.11. The Morgan fingerprint density at radius 2 is 2.00 bits per heavy atom. The molecule has 1 saturated heterocycles. The van der Waals surface area contributed by atoms with Crippen LogP contribution in [0.2, 0.25) is 0 Å². The maximum absolute atomic E-state index is 12.0. The lowest BCUT2D eigenvalue weighted by atomic mass is 10.1. The highest BCUT2D eigenvalue weighted by Crippen LogP contribution is 2.41. The summed E-state index contributed by atoms with van der Waals surface area (Å²) in [6.07, 6.45) is 8.75. The van der Waals surface area contributed by atoms with Crippen LogP contribution in [-0.4, -0.2) is 48.9 Å². The van der Waals surface area contributed by atoms with Gasteiger partial charge in [-0.2, -0.15) is 0 Å². The van der Waals surface area contributed by atoms with E-state index in [1.807, 2.05) is 17.0 Å². The van der Waals surface area contributed by atoms with E-state index in [0.29, 0.717) is 16.9 Å². The van der Waals surface area contributed by atoms with Crippen LogP contribution in [0.25, 0.3) is 5.69 Å². The second-order valence-corrected chi connectivity index (χ2v) is 7.73. The molecule has 0 atom stereocenters. The summed E-state index contributed by atoms with van der Waals surface area (Å²) in [6.45, 7) is 1.85. The molecule has 2 fully saturated rings. The summed E-state index contributed by atoms with van der Waals surface area (Å²) in [6, 6.07) is 1.92. The number of esters is 1. The molecule has 134 valence electrons. The highest BCUT2D eigenvalue weighted by atomic mass is 32.1.